The number of rotatable bonds is 2. The summed E-state index contributed by atoms with van der Waals surface area (Å²) in [5, 5.41) is 0. The Morgan fingerprint density at radius 3 is 2.44 bits per heavy atom. The molecule has 0 fully saturated rings. The van der Waals surface area contributed by atoms with Crippen LogP contribution < -0.4 is 0 Å². The van der Waals surface area contributed by atoms with Crippen molar-refractivity contribution in [1.29, 1.82) is 0 Å². The fraction of sp³-hybridized carbons (Fsp3) is 0.125. The Balaban J connectivity index is 2.61. The quantitative estimate of drug-likeness (QED) is 0.580. The van der Waals surface area contributed by atoms with Gasteiger partial charge in [-0.2, -0.15) is 0 Å². The van der Waals surface area contributed by atoms with Gasteiger partial charge in [-0.1, -0.05) is 30.3 Å². The molecular weight excluding hydrogens is 112 g/mol. The van der Waals surface area contributed by atoms with Crippen molar-refractivity contribution in [2.45, 2.75) is 0 Å². The summed E-state index contributed by atoms with van der Waals surface area (Å²) >= 11 is 0. The molecule has 0 aliphatic rings. The van der Waals surface area contributed by atoms with Crippen molar-refractivity contribution in [3.8, 4) is 0 Å². The standard InChI is InChI=1S/C8H9O/c1-9-7-8-5-3-2-4-6-8/h2-7H,1H3. The Labute approximate surface area is 55.3 Å². The second-order valence-electron chi connectivity index (χ2n) is 1.76. The van der Waals surface area contributed by atoms with Gasteiger partial charge in [-0.3, -0.25) is 0 Å². The highest BCUT2D eigenvalue weighted by molar-refractivity contribution is 5.19. The van der Waals surface area contributed by atoms with Gasteiger partial charge in [0, 0.05) is 7.11 Å². The van der Waals surface area contributed by atoms with Crippen LogP contribution in [0.2, 0.25) is 0 Å². The number of hydrogen-bond donors (Lipinski definition) is 0. The summed E-state index contributed by atoms with van der Waals surface area (Å²) in [6.45, 7) is 1.71. The number of benzene rings is 1. The third-order valence-electron chi connectivity index (χ3n) is 1.05. The first-order valence-electron chi connectivity index (χ1n) is 2.84. The molecule has 1 nitrogen and oxygen atoms in total. The van der Waals surface area contributed by atoms with Crippen LogP contribution in [-0.2, 0) is 4.74 Å². The van der Waals surface area contributed by atoms with E-state index >= 15 is 0 Å². The van der Waals surface area contributed by atoms with Gasteiger partial charge in [0.15, 0.2) is 0 Å². The summed E-state index contributed by atoms with van der Waals surface area (Å²) in [5.74, 6) is 0. The van der Waals surface area contributed by atoms with Crippen molar-refractivity contribution in [2.24, 2.45) is 0 Å². The predicted octanol–water partition coefficient (Wildman–Crippen LogP) is 1.84. The van der Waals surface area contributed by atoms with E-state index in [1.807, 2.05) is 30.3 Å². The molecule has 1 rings (SSSR count). The van der Waals surface area contributed by atoms with E-state index in [1.165, 1.54) is 0 Å². The molecule has 0 aliphatic carbocycles. The third-order valence-corrected chi connectivity index (χ3v) is 1.05. The second kappa shape index (κ2) is 3.25. The maximum atomic E-state index is 4.80. The van der Waals surface area contributed by atoms with E-state index in [2.05, 4.69) is 0 Å². The lowest BCUT2D eigenvalue weighted by atomic mass is 10.2. The van der Waals surface area contributed by atoms with Gasteiger partial charge in [-0.15, -0.1) is 0 Å². The molecule has 0 saturated carbocycles. The maximum Gasteiger partial charge on any atom is 0.112 e. The van der Waals surface area contributed by atoms with Gasteiger partial charge in [0.1, 0.15) is 6.61 Å². The first-order chi connectivity index (χ1) is 4.43. The van der Waals surface area contributed by atoms with Crippen LogP contribution >= 0.6 is 0 Å². The lowest BCUT2D eigenvalue weighted by molar-refractivity contribution is 0.292. The lowest BCUT2D eigenvalue weighted by Gasteiger charge is -1.94. The summed E-state index contributed by atoms with van der Waals surface area (Å²) in [4.78, 5) is 0. The fourth-order valence-corrected chi connectivity index (χ4v) is 0.668. The van der Waals surface area contributed by atoms with E-state index in [9.17, 15) is 0 Å². The zero-order valence-electron chi connectivity index (χ0n) is 5.37. The molecule has 0 atom stereocenters. The molecule has 0 aromatic heterocycles. The van der Waals surface area contributed by atoms with Crippen LogP contribution in [0, 0.1) is 6.61 Å². The summed E-state index contributed by atoms with van der Waals surface area (Å²) in [7, 11) is 1.65. The van der Waals surface area contributed by atoms with Crippen molar-refractivity contribution in [1.82, 2.24) is 0 Å². The highest BCUT2D eigenvalue weighted by atomic mass is 16.5. The molecule has 0 aliphatic heterocycles. The van der Waals surface area contributed by atoms with Gasteiger partial charge < -0.3 is 4.74 Å². The van der Waals surface area contributed by atoms with Crippen molar-refractivity contribution in [3.63, 3.8) is 0 Å². The molecule has 0 spiro atoms. The van der Waals surface area contributed by atoms with E-state index in [1.54, 1.807) is 13.7 Å². The van der Waals surface area contributed by atoms with Crippen molar-refractivity contribution in [2.75, 3.05) is 7.11 Å². The summed E-state index contributed by atoms with van der Waals surface area (Å²) in [6, 6.07) is 9.91. The van der Waals surface area contributed by atoms with Gasteiger partial charge in [-0.05, 0) is 5.56 Å². The van der Waals surface area contributed by atoms with E-state index in [-0.39, 0.29) is 0 Å². The van der Waals surface area contributed by atoms with Gasteiger partial charge in [-0.25, -0.2) is 0 Å². The van der Waals surface area contributed by atoms with Gasteiger partial charge in [0.25, 0.3) is 0 Å². The van der Waals surface area contributed by atoms with Crippen LogP contribution in [0.1, 0.15) is 5.56 Å². The summed E-state index contributed by atoms with van der Waals surface area (Å²) in [6.07, 6.45) is 0. The minimum Gasteiger partial charge on any atom is -0.374 e. The lowest BCUT2D eigenvalue weighted by Crippen LogP contribution is -1.80. The number of ether oxygens (including phenoxy) is 1. The SMILES string of the molecule is CO[CH]c1ccccc1. The first kappa shape index (κ1) is 6.30. The van der Waals surface area contributed by atoms with E-state index in [4.69, 9.17) is 4.74 Å². The van der Waals surface area contributed by atoms with Crippen LogP contribution in [0.15, 0.2) is 30.3 Å². The topological polar surface area (TPSA) is 9.23 Å². The Bertz CT molecular complexity index is 157. The molecule has 9 heavy (non-hydrogen) atoms. The molecule has 1 radical (unpaired) electrons. The molecule has 1 aromatic rings. The number of methoxy groups -OCH3 is 1. The maximum absolute atomic E-state index is 4.80. The molecule has 1 heteroatoms. The van der Waals surface area contributed by atoms with Crippen LogP contribution in [0.25, 0.3) is 0 Å². The van der Waals surface area contributed by atoms with Crippen LogP contribution in [0.5, 0.6) is 0 Å². The third kappa shape index (κ3) is 1.86. The minimum absolute atomic E-state index is 1.10. The molecule has 0 amide bonds. The minimum atomic E-state index is 1.10. The molecule has 0 heterocycles. The zero-order chi connectivity index (χ0) is 6.53. The Morgan fingerprint density at radius 2 is 1.89 bits per heavy atom. The average Bonchev–Trinajstić information content (AvgIpc) is 1.91. The van der Waals surface area contributed by atoms with Crippen molar-refractivity contribution in [3.05, 3.63) is 42.5 Å². The molecule has 0 saturated heterocycles. The predicted molar refractivity (Wildman–Crippen MR) is 36.9 cm³/mol. The molecule has 47 valence electrons. The van der Waals surface area contributed by atoms with Crippen molar-refractivity contribution < 1.29 is 4.74 Å². The zero-order valence-corrected chi connectivity index (χ0v) is 5.37. The summed E-state index contributed by atoms with van der Waals surface area (Å²) in [5.41, 5.74) is 1.10. The smallest absolute Gasteiger partial charge is 0.112 e. The Hall–Kier alpha value is -0.820. The van der Waals surface area contributed by atoms with Gasteiger partial charge >= 0.3 is 0 Å². The van der Waals surface area contributed by atoms with Crippen molar-refractivity contribution >= 4 is 0 Å². The molecular formula is C8H9O. The Kier molecular flexibility index (Phi) is 2.28. The highest BCUT2D eigenvalue weighted by Crippen LogP contribution is 2.00. The van der Waals surface area contributed by atoms with Gasteiger partial charge in [0.05, 0.1) is 0 Å². The van der Waals surface area contributed by atoms with E-state index < -0.39 is 0 Å². The van der Waals surface area contributed by atoms with Crippen LogP contribution in [0.3, 0.4) is 0 Å². The highest BCUT2D eigenvalue weighted by Gasteiger charge is 1.85. The average molecular weight is 121 g/mol. The fourth-order valence-electron chi connectivity index (χ4n) is 0.668. The normalized spacial score (nSPS) is 9.44. The van der Waals surface area contributed by atoms with Gasteiger partial charge in [0.2, 0.25) is 0 Å². The largest absolute Gasteiger partial charge is 0.374 e. The van der Waals surface area contributed by atoms with Crippen LogP contribution in [0.4, 0.5) is 0 Å². The monoisotopic (exact) mass is 121 g/mol. The molecule has 0 unspecified atom stereocenters. The first-order valence-corrected chi connectivity index (χ1v) is 2.84. The number of hydrogen-bond acceptors (Lipinski definition) is 1. The second-order valence-corrected chi connectivity index (χ2v) is 1.76. The molecule has 0 N–H and O–H groups in total. The summed E-state index contributed by atoms with van der Waals surface area (Å²) < 4.78 is 4.80. The molecule has 1 aromatic carbocycles. The van der Waals surface area contributed by atoms with Crippen LogP contribution in [-0.4, -0.2) is 7.11 Å². The van der Waals surface area contributed by atoms with E-state index in [0.717, 1.165) is 5.56 Å². The Morgan fingerprint density at radius 1 is 1.22 bits per heavy atom. The molecule has 0 bridgehead atoms. The van der Waals surface area contributed by atoms with E-state index in [0.29, 0.717) is 0 Å².